The first kappa shape index (κ1) is 14.7. The highest BCUT2D eigenvalue weighted by Crippen LogP contribution is 2.25. The summed E-state index contributed by atoms with van der Waals surface area (Å²) in [5.74, 6) is -2.99. The van der Waals surface area contributed by atoms with Crippen LogP contribution in [-0.4, -0.2) is 38.3 Å². The molecule has 0 unspecified atom stereocenters. The van der Waals surface area contributed by atoms with Crippen molar-refractivity contribution in [3.05, 3.63) is 29.3 Å². The summed E-state index contributed by atoms with van der Waals surface area (Å²) in [4.78, 5) is 13.3. The second kappa shape index (κ2) is 6.17. The second-order valence-corrected chi connectivity index (χ2v) is 4.78. The summed E-state index contributed by atoms with van der Waals surface area (Å²) >= 11 is 0. The molecule has 2 rings (SSSR count). The van der Waals surface area contributed by atoms with Gasteiger partial charge in [0.2, 0.25) is 0 Å². The third-order valence-corrected chi connectivity index (χ3v) is 3.27. The van der Waals surface area contributed by atoms with Crippen molar-refractivity contribution >= 4 is 11.7 Å². The lowest BCUT2D eigenvalue weighted by Gasteiger charge is -2.33. The molecule has 1 aliphatic heterocycles. The summed E-state index contributed by atoms with van der Waals surface area (Å²) in [6.45, 7) is 5.61. The Hall–Kier alpha value is -1.69. The van der Waals surface area contributed by atoms with Crippen LogP contribution in [0.1, 0.15) is 24.2 Å². The number of halogens is 2. The largest absolute Gasteiger partial charge is 0.462 e. The Morgan fingerprint density at radius 1 is 1.45 bits per heavy atom. The van der Waals surface area contributed by atoms with Gasteiger partial charge < -0.3 is 15.0 Å². The molecule has 1 heterocycles. The third kappa shape index (κ3) is 2.90. The lowest BCUT2D eigenvalue weighted by molar-refractivity contribution is 0.0520. The fraction of sp³-hybridized carbons (Fsp3) is 0.500. The van der Waals surface area contributed by atoms with Crippen LogP contribution >= 0.6 is 0 Å². The SMILES string of the molecule is CCOC(=O)c1ccc(N2CCN[C@@H](C)C2)c(F)c1F. The Bertz CT molecular complexity index is 508. The van der Waals surface area contributed by atoms with E-state index in [9.17, 15) is 13.6 Å². The normalized spacial score (nSPS) is 19.0. The highest BCUT2D eigenvalue weighted by atomic mass is 19.2. The van der Waals surface area contributed by atoms with Crippen molar-refractivity contribution < 1.29 is 18.3 Å². The smallest absolute Gasteiger partial charge is 0.341 e. The Morgan fingerprint density at radius 2 is 2.20 bits per heavy atom. The molecule has 1 aliphatic rings. The summed E-state index contributed by atoms with van der Waals surface area (Å²) < 4.78 is 32.8. The number of benzene rings is 1. The lowest BCUT2D eigenvalue weighted by Crippen LogP contribution is -2.49. The number of hydrogen-bond acceptors (Lipinski definition) is 4. The Balaban J connectivity index is 2.28. The fourth-order valence-corrected chi connectivity index (χ4v) is 2.30. The van der Waals surface area contributed by atoms with Crippen LogP contribution < -0.4 is 10.2 Å². The molecule has 0 bridgehead atoms. The minimum absolute atomic E-state index is 0.122. The van der Waals surface area contributed by atoms with Crippen molar-refractivity contribution in [2.45, 2.75) is 19.9 Å². The predicted octanol–water partition coefficient (Wildman–Crippen LogP) is 1.94. The molecule has 0 radical (unpaired) electrons. The van der Waals surface area contributed by atoms with Gasteiger partial charge in [-0.25, -0.2) is 13.6 Å². The molecule has 1 N–H and O–H groups in total. The molecular formula is C14H18F2N2O2. The van der Waals surface area contributed by atoms with Crippen molar-refractivity contribution in [2.75, 3.05) is 31.1 Å². The minimum atomic E-state index is -1.15. The third-order valence-electron chi connectivity index (χ3n) is 3.27. The van der Waals surface area contributed by atoms with E-state index in [0.29, 0.717) is 19.6 Å². The maximum absolute atomic E-state index is 14.1. The summed E-state index contributed by atoms with van der Waals surface area (Å²) in [5, 5.41) is 3.23. The zero-order valence-corrected chi connectivity index (χ0v) is 11.6. The van der Waals surface area contributed by atoms with Crippen LogP contribution in [0.25, 0.3) is 0 Å². The standard InChI is InChI=1S/C14H18F2N2O2/c1-3-20-14(19)10-4-5-11(13(16)12(10)15)18-7-6-17-9(2)8-18/h4-5,9,17H,3,6-8H2,1-2H3/t9-/m0/s1. The molecule has 0 spiro atoms. The molecule has 6 heteroatoms. The highest BCUT2D eigenvalue weighted by Gasteiger charge is 2.24. The number of nitrogens with one attached hydrogen (secondary N) is 1. The molecule has 4 nitrogen and oxygen atoms in total. The molecule has 0 aromatic heterocycles. The Labute approximate surface area is 116 Å². The highest BCUT2D eigenvalue weighted by molar-refractivity contribution is 5.90. The average molecular weight is 284 g/mol. The van der Waals surface area contributed by atoms with Gasteiger partial charge >= 0.3 is 5.97 Å². The minimum Gasteiger partial charge on any atom is -0.462 e. The van der Waals surface area contributed by atoms with E-state index < -0.39 is 17.6 Å². The van der Waals surface area contributed by atoms with Crippen molar-refractivity contribution in [3.8, 4) is 0 Å². The molecule has 0 aliphatic carbocycles. The van der Waals surface area contributed by atoms with E-state index in [1.54, 1.807) is 11.8 Å². The monoisotopic (exact) mass is 284 g/mol. The Kier molecular flexibility index (Phi) is 4.54. The number of esters is 1. The van der Waals surface area contributed by atoms with Crippen molar-refractivity contribution in [2.24, 2.45) is 0 Å². The van der Waals surface area contributed by atoms with E-state index >= 15 is 0 Å². The van der Waals surface area contributed by atoms with E-state index in [2.05, 4.69) is 5.32 Å². The second-order valence-electron chi connectivity index (χ2n) is 4.78. The first-order valence-corrected chi connectivity index (χ1v) is 6.68. The van der Waals surface area contributed by atoms with Gasteiger partial charge in [0.1, 0.15) is 0 Å². The number of ether oxygens (including phenoxy) is 1. The summed E-state index contributed by atoms with van der Waals surface area (Å²) in [6.07, 6.45) is 0. The van der Waals surface area contributed by atoms with Crippen LogP contribution in [0.15, 0.2) is 12.1 Å². The van der Waals surface area contributed by atoms with Crippen LogP contribution in [0.3, 0.4) is 0 Å². The molecule has 0 amide bonds. The molecule has 1 fully saturated rings. The topological polar surface area (TPSA) is 41.6 Å². The van der Waals surface area contributed by atoms with Gasteiger partial charge in [-0.15, -0.1) is 0 Å². The van der Waals surface area contributed by atoms with Crippen molar-refractivity contribution in [1.29, 1.82) is 0 Å². The quantitative estimate of drug-likeness (QED) is 0.861. The number of piperazine rings is 1. The van der Waals surface area contributed by atoms with Crippen LogP contribution in [0.5, 0.6) is 0 Å². The van der Waals surface area contributed by atoms with Gasteiger partial charge in [-0.1, -0.05) is 0 Å². The molecule has 1 aromatic carbocycles. The fourth-order valence-electron chi connectivity index (χ4n) is 2.30. The summed E-state index contributed by atoms with van der Waals surface area (Å²) in [5.41, 5.74) is -0.180. The van der Waals surface area contributed by atoms with E-state index in [1.165, 1.54) is 12.1 Å². The van der Waals surface area contributed by atoms with E-state index in [1.807, 2.05) is 6.92 Å². The first-order valence-electron chi connectivity index (χ1n) is 6.68. The van der Waals surface area contributed by atoms with Crippen LogP contribution in [0.2, 0.25) is 0 Å². The van der Waals surface area contributed by atoms with Crippen LogP contribution in [0, 0.1) is 11.6 Å². The number of carbonyl (C=O) groups is 1. The van der Waals surface area contributed by atoms with Crippen molar-refractivity contribution in [3.63, 3.8) is 0 Å². The van der Waals surface area contributed by atoms with E-state index in [4.69, 9.17) is 4.74 Å². The lowest BCUT2D eigenvalue weighted by atomic mass is 10.1. The van der Waals surface area contributed by atoms with E-state index in [-0.39, 0.29) is 23.9 Å². The molecule has 1 saturated heterocycles. The summed E-state index contributed by atoms with van der Waals surface area (Å²) in [6, 6.07) is 2.91. The number of hydrogen-bond donors (Lipinski definition) is 1. The average Bonchev–Trinajstić information content (AvgIpc) is 2.42. The van der Waals surface area contributed by atoms with Crippen LogP contribution in [0.4, 0.5) is 14.5 Å². The predicted molar refractivity (Wildman–Crippen MR) is 72.0 cm³/mol. The number of nitrogens with zero attached hydrogens (tertiary/aromatic N) is 1. The number of anilines is 1. The van der Waals surface area contributed by atoms with Gasteiger partial charge in [-0.3, -0.25) is 0 Å². The zero-order chi connectivity index (χ0) is 14.7. The maximum atomic E-state index is 14.1. The molecule has 0 saturated carbocycles. The number of rotatable bonds is 3. The maximum Gasteiger partial charge on any atom is 0.341 e. The van der Waals surface area contributed by atoms with Crippen molar-refractivity contribution in [1.82, 2.24) is 5.32 Å². The molecular weight excluding hydrogens is 266 g/mol. The van der Waals surface area contributed by atoms with Crippen LogP contribution in [-0.2, 0) is 4.74 Å². The van der Waals surface area contributed by atoms with E-state index in [0.717, 1.165) is 0 Å². The summed E-state index contributed by atoms with van der Waals surface area (Å²) in [7, 11) is 0. The Morgan fingerprint density at radius 3 is 2.85 bits per heavy atom. The van der Waals surface area contributed by atoms with Gasteiger partial charge in [0.05, 0.1) is 17.9 Å². The molecule has 1 atom stereocenters. The van der Waals surface area contributed by atoms with Gasteiger partial charge in [0.15, 0.2) is 11.6 Å². The zero-order valence-electron chi connectivity index (χ0n) is 11.6. The number of carbonyl (C=O) groups excluding carboxylic acids is 1. The molecule has 1 aromatic rings. The van der Waals surface area contributed by atoms with Gasteiger partial charge in [-0.05, 0) is 26.0 Å². The van der Waals surface area contributed by atoms with Gasteiger partial charge in [0.25, 0.3) is 0 Å². The molecule has 20 heavy (non-hydrogen) atoms. The first-order chi connectivity index (χ1) is 9.54. The molecule has 110 valence electrons. The van der Waals surface area contributed by atoms with Gasteiger partial charge in [0, 0.05) is 25.7 Å². The van der Waals surface area contributed by atoms with Gasteiger partial charge in [-0.2, -0.15) is 0 Å².